The fourth-order valence-corrected chi connectivity index (χ4v) is 1.87. The molecule has 0 unspecified atom stereocenters. The van der Waals surface area contributed by atoms with Gasteiger partial charge in [0.25, 0.3) is 0 Å². The summed E-state index contributed by atoms with van der Waals surface area (Å²) in [6.07, 6.45) is 0. The minimum absolute atomic E-state index is 0.196. The zero-order chi connectivity index (χ0) is 13.4. The Bertz CT molecular complexity index is 670. The predicted molar refractivity (Wildman–Crippen MR) is 65.3 cm³/mol. The number of ether oxygens (including phenoxy) is 2. The van der Waals surface area contributed by atoms with Crippen LogP contribution in [0.15, 0.2) is 24.3 Å². The highest BCUT2D eigenvalue weighted by Crippen LogP contribution is 2.35. The fraction of sp³-hybridized carbons (Fsp3) is 0.154. The zero-order valence-electron chi connectivity index (χ0n) is 10.1. The van der Waals surface area contributed by atoms with Crippen molar-refractivity contribution in [2.75, 3.05) is 6.79 Å². The second-order valence-electron chi connectivity index (χ2n) is 4.09. The number of hydrogen-bond donors (Lipinski definition) is 1. The van der Waals surface area contributed by atoms with Gasteiger partial charge in [-0.25, -0.2) is 14.8 Å². The lowest BCUT2D eigenvalue weighted by molar-refractivity contribution is 0.0683. The van der Waals surface area contributed by atoms with Gasteiger partial charge in [-0.15, -0.1) is 0 Å². The molecular weight excluding hydrogens is 248 g/mol. The Morgan fingerprint density at radius 1 is 1.21 bits per heavy atom. The molecule has 1 aromatic heterocycles. The molecule has 6 heteroatoms. The molecule has 6 nitrogen and oxygen atoms in total. The Morgan fingerprint density at radius 3 is 2.79 bits per heavy atom. The molecule has 1 N–H and O–H groups in total. The average molecular weight is 258 g/mol. The van der Waals surface area contributed by atoms with E-state index < -0.39 is 5.97 Å². The summed E-state index contributed by atoms with van der Waals surface area (Å²) in [4.78, 5) is 18.8. The molecule has 1 aliphatic rings. The van der Waals surface area contributed by atoms with E-state index in [1.165, 1.54) is 0 Å². The van der Waals surface area contributed by atoms with Gasteiger partial charge in [0, 0.05) is 11.3 Å². The maximum Gasteiger partial charge on any atom is 0.373 e. The predicted octanol–water partition coefficient (Wildman–Crippen LogP) is 1.88. The number of carboxylic acids is 1. The number of fused-ring (bicyclic) bond motifs is 1. The molecule has 0 radical (unpaired) electrons. The summed E-state index contributed by atoms with van der Waals surface area (Å²) < 4.78 is 10.5. The molecule has 1 aromatic carbocycles. The van der Waals surface area contributed by atoms with Crippen molar-refractivity contribution in [3.8, 4) is 22.8 Å². The van der Waals surface area contributed by atoms with Crippen LogP contribution in [0.25, 0.3) is 11.3 Å². The summed E-state index contributed by atoms with van der Waals surface area (Å²) in [5, 5.41) is 8.97. The summed E-state index contributed by atoms with van der Waals surface area (Å²) >= 11 is 0. The lowest BCUT2D eigenvalue weighted by atomic mass is 10.1. The van der Waals surface area contributed by atoms with Gasteiger partial charge in [-0.05, 0) is 31.2 Å². The number of carbonyl (C=O) groups is 1. The highest BCUT2D eigenvalue weighted by atomic mass is 16.7. The first-order valence-corrected chi connectivity index (χ1v) is 5.62. The number of benzene rings is 1. The van der Waals surface area contributed by atoms with E-state index in [0.717, 1.165) is 5.56 Å². The molecule has 96 valence electrons. The van der Waals surface area contributed by atoms with Crippen molar-refractivity contribution in [2.24, 2.45) is 0 Å². The van der Waals surface area contributed by atoms with Crippen molar-refractivity contribution in [2.45, 2.75) is 6.92 Å². The number of hydrogen-bond acceptors (Lipinski definition) is 5. The van der Waals surface area contributed by atoms with Crippen molar-refractivity contribution in [1.82, 2.24) is 9.97 Å². The monoisotopic (exact) mass is 258 g/mol. The summed E-state index contributed by atoms with van der Waals surface area (Å²) in [5.41, 5.74) is 1.90. The first-order valence-electron chi connectivity index (χ1n) is 5.62. The first-order chi connectivity index (χ1) is 9.13. The molecule has 1 aliphatic heterocycles. The van der Waals surface area contributed by atoms with Crippen LogP contribution < -0.4 is 9.47 Å². The van der Waals surface area contributed by atoms with Crippen LogP contribution in [0, 0.1) is 6.92 Å². The number of rotatable bonds is 2. The van der Waals surface area contributed by atoms with Gasteiger partial charge in [-0.3, -0.25) is 0 Å². The van der Waals surface area contributed by atoms with E-state index in [1.807, 2.05) is 0 Å². The van der Waals surface area contributed by atoms with Crippen molar-refractivity contribution in [3.63, 3.8) is 0 Å². The molecule has 0 bridgehead atoms. The molecular formula is C13H10N2O4. The lowest BCUT2D eigenvalue weighted by Gasteiger charge is -2.05. The first kappa shape index (κ1) is 11.5. The summed E-state index contributed by atoms with van der Waals surface area (Å²) in [6.45, 7) is 1.92. The summed E-state index contributed by atoms with van der Waals surface area (Å²) in [7, 11) is 0. The van der Waals surface area contributed by atoms with Crippen LogP contribution >= 0.6 is 0 Å². The topological polar surface area (TPSA) is 81.5 Å². The molecule has 0 fully saturated rings. The van der Waals surface area contributed by atoms with Gasteiger partial charge >= 0.3 is 5.97 Å². The molecule has 2 heterocycles. The molecule has 2 aromatic rings. The van der Waals surface area contributed by atoms with E-state index in [9.17, 15) is 4.79 Å². The van der Waals surface area contributed by atoms with Crippen LogP contribution in [-0.2, 0) is 0 Å². The van der Waals surface area contributed by atoms with Crippen molar-refractivity contribution in [3.05, 3.63) is 35.8 Å². The number of aromatic carboxylic acids is 1. The highest BCUT2D eigenvalue weighted by Gasteiger charge is 2.16. The average Bonchev–Trinajstić information content (AvgIpc) is 2.85. The van der Waals surface area contributed by atoms with Crippen LogP contribution in [-0.4, -0.2) is 27.8 Å². The van der Waals surface area contributed by atoms with E-state index in [4.69, 9.17) is 14.6 Å². The van der Waals surface area contributed by atoms with E-state index >= 15 is 0 Å². The molecule has 0 spiro atoms. The Balaban J connectivity index is 2.09. The van der Waals surface area contributed by atoms with Crippen molar-refractivity contribution >= 4 is 5.97 Å². The Kier molecular flexibility index (Phi) is 2.56. The molecule has 0 atom stereocenters. The van der Waals surface area contributed by atoms with E-state index in [2.05, 4.69) is 9.97 Å². The Hall–Kier alpha value is -2.63. The van der Waals surface area contributed by atoms with Gasteiger partial charge in [-0.1, -0.05) is 0 Å². The maximum absolute atomic E-state index is 11.0. The van der Waals surface area contributed by atoms with Gasteiger partial charge in [-0.2, -0.15) is 0 Å². The molecule has 0 aliphatic carbocycles. The van der Waals surface area contributed by atoms with Gasteiger partial charge in [0.15, 0.2) is 11.5 Å². The van der Waals surface area contributed by atoms with E-state index in [0.29, 0.717) is 22.9 Å². The van der Waals surface area contributed by atoms with Gasteiger partial charge < -0.3 is 14.6 Å². The molecule has 0 amide bonds. The van der Waals surface area contributed by atoms with Crippen LogP contribution in [0.1, 0.15) is 16.3 Å². The Labute approximate surface area is 108 Å². The SMILES string of the molecule is Cc1cc(-c2ccc3c(c2)OCO3)nc(C(=O)O)n1. The number of aryl methyl sites for hydroxylation is 1. The third-order valence-electron chi connectivity index (χ3n) is 2.71. The van der Waals surface area contributed by atoms with E-state index in [1.54, 1.807) is 31.2 Å². The summed E-state index contributed by atoms with van der Waals surface area (Å²) in [6, 6.07) is 7.08. The Morgan fingerprint density at radius 2 is 2.00 bits per heavy atom. The van der Waals surface area contributed by atoms with Crippen LogP contribution in [0.3, 0.4) is 0 Å². The largest absolute Gasteiger partial charge is 0.475 e. The van der Waals surface area contributed by atoms with Crippen LogP contribution in [0.4, 0.5) is 0 Å². The van der Waals surface area contributed by atoms with Crippen molar-refractivity contribution < 1.29 is 19.4 Å². The third kappa shape index (κ3) is 2.08. The zero-order valence-corrected chi connectivity index (χ0v) is 10.1. The highest BCUT2D eigenvalue weighted by molar-refractivity contribution is 5.84. The second-order valence-corrected chi connectivity index (χ2v) is 4.09. The maximum atomic E-state index is 11.0. The van der Waals surface area contributed by atoms with Gasteiger partial charge in [0.2, 0.25) is 12.6 Å². The van der Waals surface area contributed by atoms with Crippen LogP contribution in [0.2, 0.25) is 0 Å². The molecule has 19 heavy (non-hydrogen) atoms. The minimum Gasteiger partial charge on any atom is -0.475 e. The lowest BCUT2D eigenvalue weighted by Crippen LogP contribution is -2.06. The number of nitrogens with zero attached hydrogens (tertiary/aromatic N) is 2. The van der Waals surface area contributed by atoms with Gasteiger partial charge in [0.1, 0.15) is 0 Å². The number of aromatic nitrogens is 2. The van der Waals surface area contributed by atoms with Crippen molar-refractivity contribution in [1.29, 1.82) is 0 Å². The summed E-state index contributed by atoms with van der Waals surface area (Å²) in [5.74, 6) is -0.0583. The third-order valence-corrected chi connectivity index (χ3v) is 2.71. The molecule has 0 saturated heterocycles. The van der Waals surface area contributed by atoms with E-state index in [-0.39, 0.29) is 12.6 Å². The molecule has 0 saturated carbocycles. The minimum atomic E-state index is -1.15. The second kappa shape index (κ2) is 4.24. The molecule has 3 rings (SSSR count). The standard InChI is InChI=1S/C13H10N2O4/c1-7-4-9(15-12(14-7)13(16)17)8-2-3-10-11(5-8)19-6-18-10/h2-5H,6H2,1H3,(H,16,17). The van der Waals surface area contributed by atoms with Gasteiger partial charge in [0.05, 0.1) is 5.69 Å². The number of carboxylic acid groups (broad SMARTS) is 1. The normalized spacial score (nSPS) is 12.5. The quantitative estimate of drug-likeness (QED) is 0.885. The fourth-order valence-electron chi connectivity index (χ4n) is 1.87. The van der Waals surface area contributed by atoms with Crippen LogP contribution in [0.5, 0.6) is 11.5 Å². The smallest absolute Gasteiger partial charge is 0.373 e.